The summed E-state index contributed by atoms with van der Waals surface area (Å²) < 4.78 is 54.3. The highest BCUT2D eigenvalue weighted by atomic mass is 35.5. The van der Waals surface area contributed by atoms with Gasteiger partial charge in [0.25, 0.3) is 0 Å². The molecule has 0 amide bonds. The fourth-order valence-corrected chi connectivity index (χ4v) is 2.80. The van der Waals surface area contributed by atoms with Crippen molar-refractivity contribution in [2.24, 2.45) is 0 Å². The first-order valence-electron chi connectivity index (χ1n) is 5.03. The Hall–Kier alpha value is -1.66. The molecule has 7 heteroatoms. The van der Waals surface area contributed by atoms with Gasteiger partial charge in [0, 0.05) is 6.07 Å². The van der Waals surface area contributed by atoms with E-state index in [-0.39, 0.29) is 15.7 Å². The molecule has 0 aliphatic rings. The van der Waals surface area contributed by atoms with E-state index in [1.54, 1.807) is 0 Å². The quantitative estimate of drug-likeness (QED) is 0.816. The minimum atomic E-state index is -4.24. The molecule has 0 spiro atoms. The molecule has 2 aromatic carbocycles. The molecule has 100 valence electrons. The Balaban J connectivity index is 2.38. The van der Waals surface area contributed by atoms with Crippen molar-refractivity contribution in [1.82, 2.24) is 0 Å². The molecule has 0 unspecified atom stereocenters. The molecule has 0 atom stereocenters. The van der Waals surface area contributed by atoms with E-state index >= 15 is 0 Å². The molecule has 2 rings (SSSR count). The first kappa shape index (κ1) is 13.8. The van der Waals surface area contributed by atoms with Gasteiger partial charge in [-0.05, 0) is 30.3 Å². The molecule has 0 saturated carbocycles. The molecular formula is C12H7ClF2O3S. The standard InChI is InChI=1S/C12H7ClF2O3S/c13-11-7-9(15)4-5-12(11)19(16,17)18-10-3-1-2-8(14)6-10/h1-7H. The van der Waals surface area contributed by atoms with Gasteiger partial charge in [0.15, 0.2) is 0 Å². The summed E-state index contributed by atoms with van der Waals surface area (Å²) >= 11 is 5.64. The first-order valence-corrected chi connectivity index (χ1v) is 6.82. The highest BCUT2D eigenvalue weighted by Crippen LogP contribution is 2.25. The maximum atomic E-state index is 12.9. The predicted octanol–water partition coefficient (Wildman–Crippen LogP) is 3.39. The average molecular weight is 305 g/mol. The van der Waals surface area contributed by atoms with Crippen LogP contribution in [0, 0.1) is 11.6 Å². The zero-order chi connectivity index (χ0) is 14.0. The van der Waals surface area contributed by atoms with Crippen molar-refractivity contribution in [3.63, 3.8) is 0 Å². The van der Waals surface area contributed by atoms with Gasteiger partial charge in [-0.3, -0.25) is 0 Å². The fraction of sp³-hybridized carbons (Fsp3) is 0. The van der Waals surface area contributed by atoms with Crippen LogP contribution in [-0.2, 0) is 10.1 Å². The Labute approximate surface area is 113 Å². The molecule has 0 radical (unpaired) electrons. The van der Waals surface area contributed by atoms with Crippen molar-refractivity contribution in [3.05, 3.63) is 59.1 Å². The van der Waals surface area contributed by atoms with Crippen molar-refractivity contribution < 1.29 is 21.4 Å². The zero-order valence-corrected chi connectivity index (χ0v) is 10.9. The molecule has 3 nitrogen and oxygen atoms in total. The third kappa shape index (κ3) is 3.21. The Morgan fingerprint density at radius 3 is 2.32 bits per heavy atom. The van der Waals surface area contributed by atoms with Crippen LogP contribution in [0.5, 0.6) is 5.75 Å². The topological polar surface area (TPSA) is 43.4 Å². The van der Waals surface area contributed by atoms with Crippen molar-refractivity contribution in [2.75, 3.05) is 0 Å². The molecule has 0 aliphatic heterocycles. The summed E-state index contributed by atoms with van der Waals surface area (Å²) in [6, 6.07) is 7.40. The van der Waals surface area contributed by atoms with E-state index in [0.717, 1.165) is 30.3 Å². The second kappa shape index (κ2) is 5.14. The third-order valence-electron chi connectivity index (χ3n) is 2.17. The summed E-state index contributed by atoms with van der Waals surface area (Å²) in [6.45, 7) is 0. The average Bonchev–Trinajstić information content (AvgIpc) is 2.27. The first-order chi connectivity index (χ1) is 8.88. The Bertz CT molecular complexity index is 717. The number of halogens is 3. The molecule has 0 saturated heterocycles. The fourth-order valence-electron chi connectivity index (χ4n) is 1.37. The molecule has 2 aromatic rings. The van der Waals surface area contributed by atoms with Gasteiger partial charge in [0.2, 0.25) is 0 Å². The SMILES string of the molecule is O=S(=O)(Oc1cccc(F)c1)c1ccc(F)cc1Cl. The van der Waals surface area contributed by atoms with Crippen LogP contribution in [0.1, 0.15) is 0 Å². The molecular weight excluding hydrogens is 298 g/mol. The maximum absolute atomic E-state index is 12.9. The van der Waals surface area contributed by atoms with Crippen molar-refractivity contribution in [2.45, 2.75) is 4.90 Å². The summed E-state index contributed by atoms with van der Waals surface area (Å²) in [6.07, 6.45) is 0. The van der Waals surface area contributed by atoms with E-state index in [2.05, 4.69) is 0 Å². The van der Waals surface area contributed by atoms with Gasteiger partial charge in [-0.1, -0.05) is 17.7 Å². The van der Waals surface area contributed by atoms with Gasteiger partial charge >= 0.3 is 10.1 Å². The van der Waals surface area contributed by atoms with E-state index in [1.807, 2.05) is 0 Å². The van der Waals surface area contributed by atoms with Crippen LogP contribution in [0.2, 0.25) is 5.02 Å². The van der Waals surface area contributed by atoms with Crippen LogP contribution in [0.3, 0.4) is 0 Å². The van der Waals surface area contributed by atoms with E-state index in [4.69, 9.17) is 15.8 Å². The normalized spacial score (nSPS) is 11.3. The lowest BCUT2D eigenvalue weighted by molar-refractivity contribution is 0.483. The molecule has 0 bridgehead atoms. The van der Waals surface area contributed by atoms with Crippen LogP contribution >= 0.6 is 11.6 Å². The lowest BCUT2D eigenvalue weighted by Crippen LogP contribution is -2.10. The number of hydrogen-bond acceptors (Lipinski definition) is 3. The molecule has 0 N–H and O–H groups in total. The number of benzene rings is 2. The van der Waals surface area contributed by atoms with Crippen LogP contribution in [0.4, 0.5) is 8.78 Å². The highest BCUT2D eigenvalue weighted by Gasteiger charge is 2.20. The van der Waals surface area contributed by atoms with Crippen LogP contribution < -0.4 is 4.18 Å². The lowest BCUT2D eigenvalue weighted by Gasteiger charge is -2.08. The van der Waals surface area contributed by atoms with Gasteiger partial charge in [0.05, 0.1) is 5.02 Å². The van der Waals surface area contributed by atoms with Crippen molar-refractivity contribution in [1.29, 1.82) is 0 Å². The van der Waals surface area contributed by atoms with Crippen molar-refractivity contribution >= 4 is 21.7 Å². The molecule has 0 aliphatic carbocycles. The second-order valence-electron chi connectivity index (χ2n) is 3.57. The second-order valence-corrected chi connectivity index (χ2v) is 5.49. The van der Waals surface area contributed by atoms with E-state index in [1.165, 1.54) is 12.1 Å². The van der Waals surface area contributed by atoms with Gasteiger partial charge in [0.1, 0.15) is 22.3 Å². The van der Waals surface area contributed by atoms with Crippen LogP contribution in [0.15, 0.2) is 47.4 Å². The van der Waals surface area contributed by atoms with E-state index in [9.17, 15) is 17.2 Å². The summed E-state index contributed by atoms with van der Waals surface area (Å²) in [4.78, 5) is -0.389. The van der Waals surface area contributed by atoms with Gasteiger partial charge in [-0.15, -0.1) is 0 Å². The smallest absolute Gasteiger partial charge is 0.340 e. The Kier molecular flexibility index (Phi) is 3.73. The zero-order valence-electron chi connectivity index (χ0n) is 9.31. The minimum Gasteiger partial charge on any atom is -0.379 e. The Morgan fingerprint density at radius 1 is 1.00 bits per heavy atom. The van der Waals surface area contributed by atoms with Gasteiger partial charge in [-0.2, -0.15) is 8.42 Å². The third-order valence-corrected chi connectivity index (χ3v) is 3.90. The molecule has 19 heavy (non-hydrogen) atoms. The van der Waals surface area contributed by atoms with Gasteiger partial charge in [-0.25, -0.2) is 8.78 Å². The minimum absolute atomic E-state index is 0.194. The highest BCUT2D eigenvalue weighted by molar-refractivity contribution is 7.87. The summed E-state index contributed by atoms with van der Waals surface area (Å²) in [7, 11) is -4.24. The predicted molar refractivity (Wildman–Crippen MR) is 65.6 cm³/mol. The summed E-state index contributed by atoms with van der Waals surface area (Å²) in [5, 5.41) is -0.309. The van der Waals surface area contributed by atoms with Crippen molar-refractivity contribution in [3.8, 4) is 5.75 Å². The van der Waals surface area contributed by atoms with Gasteiger partial charge < -0.3 is 4.18 Å². The van der Waals surface area contributed by atoms with Crippen LogP contribution in [-0.4, -0.2) is 8.42 Å². The largest absolute Gasteiger partial charge is 0.379 e. The summed E-state index contributed by atoms with van der Waals surface area (Å²) in [5.41, 5.74) is 0. The van der Waals surface area contributed by atoms with E-state index < -0.39 is 21.8 Å². The monoisotopic (exact) mass is 304 g/mol. The molecule has 0 heterocycles. The van der Waals surface area contributed by atoms with Crippen LogP contribution in [0.25, 0.3) is 0 Å². The molecule has 0 aromatic heterocycles. The number of rotatable bonds is 3. The molecule has 0 fully saturated rings. The maximum Gasteiger partial charge on any atom is 0.340 e. The number of hydrogen-bond donors (Lipinski definition) is 0. The lowest BCUT2D eigenvalue weighted by atomic mass is 10.3. The Morgan fingerprint density at radius 2 is 1.68 bits per heavy atom. The van der Waals surface area contributed by atoms with E-state index in [0.29, 0.717) is 0 Å². The summed E-state index contributed by atoms with van der Waals surface area (Å²) in [5.74, 6) is -1.51.